The minimum atomic E-state index is -0.709. The Hall–Kier alpha value is -6.24. The Labute approximate surface area is 288 Å². The van der Waals surface area contributed by atoms with Crippen molar-refractivity contribution >= 4 is 17.5 Å². The number of nitrogens with zero attached hydrogens (tertiary/aromatic N) is 6. The average Bonchev–Trinajstić information content (AvgIpc) is 3.92. The fraction of sp³-hybridized carbons (Fsp3) is 0.103. The van der Waals surface area contributed by atoms with E-state index < -0.39 is 5.54 Å². The maximum atomic E-state index is 13.3. The maximum absolute atomic E-state index is 13.3. The molecule has 0 aliphatic carbocycles. The molecular formula is C39H31ClN8O. The summed E-state index contributed by atoms with van der Waals surface area (Å²) in [5, 5.41) is 24.5. The fourth-order valence-electron chi connectivity index (χ4n) is 6.20. The summed E-state index contributed by atoms with van der Waals surface area (Å²) in [6, 6.07) is 41.7. The van der Waals surface area contributed by atoms with Crippen molar-refractivity contribution < 1.29 is 4.79 Å². The van der Waals surface area contributed by atoms with Gasteiger partial charge in [0.05, 0.1) is 29.2 Å². The molecule has 10 heteroatoms. The molecule has 4 aromatic carbocycles. The first-order chi connectivity index (χ1) is 23.9. The molecule has 0 fully saturated rings. The summed E-state index contributed by atoms with van der Waals surface area (Å²) in [6.07, 6.45) is 5.64. The number of halogens is 1. The molecular weight excluding hydrogens is 632 g/mol. The van der Waals surface area contributed by atoms with E-state index >= 15 is 0 Å². The summed E-state index contributed by atoms with van der Waals surface area (Å²) >= 11 is 6.21. The zero-order chi connectivity index (χ0) is 33.8. The lowest BCUT2D eigenvalue weighted by molar-refractivity contribution is 0.0931. The van der Waals surface area contributed by atoms with Crippen LogP contribution in [0.1, 0.15) is 39.7 Å². The third kappa shape index (κ3) is 6.13. The molecule has 7 rings (SSSR count). The highest BCUT2D eigenvalue weighted by Gasteiger charge is 2.38. The normalized spacial score (nSPS) is 11.9. The van der Waals surface area contributed by atoms with E-state index in [0.717, 1.165) is 27.9 Å². The van der Waals surface area contributed by atoms with Crippen molar-refractivity contribution in [3.05, 3.63) is 173 Å². The Bertz CT molecular complexity index is 2150. The number of rotatable bonds is 10. The Kier molecular flexibility index (Phi) is 8.62. The lowest BCUT2D eigenvalue weighted by Gasteiger charge is -2.37. The number of aromatic nitrogens is 6. The van der Waals surface area contributed by atoms with E-state index in [1.165, 1.54) is 0 Å². The Balaban J connectivity index is 1.11. The maximum Gasteiger partial charge on any atom is 0.269 e. The molecule has 1 atom stereocenters. The first-order valence-corrected chi connectivity index (χ1v) is 16.1. The number of benzene rings is 4. The van der Waals surface area contributed by atoms with Crippen molar-refractivity contribution in [1.82, 2.24) is 34.8 Å². The van der Waals surface area contributed by atoms with Gasteiger partial charge in [0.2, 0.25) is 0 Å². The number of hydrogen-bond donors (Lipinski definition) is 2. The molecule has 0 radical (unpaired) electrons. The minimum Gasteiger partial charge on any atom is -0.346 e. The van der Waals surface area contributed by atoms with Crippen LogP contribution in [0.5, 0.6) is 0 Å². The van der Waals surface area contributed by atoms with Crippen LogP contribution in [-0.2, 0) is 12.1 Å². The third-order valence-electron chi connectivity index (χ3n) is 8.49. The van der Waals surface area contributed by atoms with E-state index in [0.29, 0.717) is 34.2 Å². The SMILES string of the molecule is CC(Cn1ccc(-c2ccc(C#N)c(Cl)c2)n1)NC(=O)c1cc(-c2cn(C(c3ccccc3)(c3ccccc3)c3ccccc3)cn2)n[nH]1. The molecule has 2 N–H and O–H groups in total. The van der Waals surface area contributed by atoms with Crippen molar-refractivity contribution in [2.75, 3.05) is 0 Å². The molecule has 1 unspecified atom stereocenters. The van der Waals surface area contributed by atoms with E-state index in [2.05, 4.69) is 67.6 Å². The number of carbonyl (C=O) groups excluding carboxylic acids is 1. The topological polar surface area (TPSA) is 117 Å². The molecule has 9 nitrogen and oxygen atoms in total. The molecule has 3 heterocycles. The summed E-state index contributed by atoms with van der Waals surface area (Å²) in [5.41, 5.74) is 5.98. The molecule has 0 spiro atoms. The standard InChI is InChI=1S/C39H31ClN8O/c1-27(24-48-20-19-34(46-48)28-17-18-29(23-41)33(40)21-28)43-38(49)36-22-35(44-45-36)37-25-47(26-42-37)39(30-11-5-2-6-12-30,31-13-7-3-8-14-31)32-15-9-4-10-16-32/h2-22,25-27H,24H2,1H3,(H,43,49)(H,44,45). The van der Waals surface area contributed by atoms with Crippen LogP contribution in [0.2, 0.25) is 5.02 Å². The highest BCUT2D eigenvalue weighted by molar-refractivity contribution is 6.32. The highest BCUT2D eigenvalue weighted by atomic mass is 35.5. The Morgan fingerprint density at radius 3 is 2.10 bits per heavy atom. The van der Waals surface area contributed by atoms with Gasteiger partial charge in [0, 0.05) is 24.0 Å². The number of H-pyrrole nitrogens is 1. The number of aromatic amines is 1. The van der Waals surface area contributed by atoms with Gasteiger partial charge in [0.25, 0.3) is 5.91 Å². The molecule has 3 aromatic heterocycles. The van der Waals surface area contributed by atoms with Crippen molar-refractivity contribution in [2.45, 2.75) is 25.0 Å². The van der Waals surface area contributed by atoms with Crippen molar-refractivity contribution in [3.8, 4) is 28.7 Å². The van der Waals surface area contributed by atoms with Crippen LogP contribution in [-0.4, -0.2) is 41.5 Å². The van der Waals surface area contributed by atoms with Crippen LogP contribution < -0.4 is 5.32 Å². The van der Waals surface area contributed by atoms with Gasteiger partial charge >= 0.3 is 0 Å². The number of hydrogen-bond acceptors (Lipinski definition) is 5. The number of imidazole rings is 1. The van der Waals surface area contributed by atoms with Gasteiger partial charge in [-0.15, -0.1) is 0 Å². The summed E-state index contributed by atoms with van der Waals surface area (Å²) < 4.78 is 3.87. The predicted molar refractivity (Wildman–Crippen MR) is 189 cm³/mol. The van der Waals surface area contributed by atoms with Crippen LogP contribution in [0.25, 0.3) is 22.6 Å². The molecule has 0 saturated heterocycles. The van der Waals surface area contributed by atoms with Gasteiger partial charge in [0.1, 0.15) is 28.7 Å². The second-order valence-electron chi connectivity index (χ2n) is 11.7. The van der Waals surface area contributed by atoms with Crippen LogP contribution in [0.15, 0.2) is 140 Å². The van der Waals surface area contributed by atoms with E-state index in [4.69, 9.17) is 21.8 Å². The number of carbonyl (C=O) groups is 1. The van der Waals surface area contributed by atoms with E-state index in [-0.39, 0.29) is 11.9 Å². The smallest absolute Gasteiger partial charge is 0.269 e. The summed E-state index contributed by atoms with van der Waals surface area (Å²) in [7, 11) is 0. The summed E-state index contributed by atoms with van der Waals surface area (Å²) in [4.78, 5) is 18.0. The first-order valence-electron chi connectivity index (χ1n) is 15.8. The third-order valence-corrected chi connectivity index (χ3v) is 8.81. The van der Waals surface area contributed by atoms with Crippen molar-refractivity contribution in [1.29, 1.82) is 5.26 Å². The molecule has 0 aliphatic heterocycles. The van der Waals surface area contributed by atoms with Crippen molar-refractivity contribution in [3.63, 3.8) is 0 Å². The van der Waals surface area contributed by atoms with E-state index in [9.17, 15) is 4.79 Å². The number of nitriles is 1. The quantitative estimate of drug-likeness (QED) is 0.149. The van der Waals surface area contributed by atoms with Gasteiger partial charge in [-0.25, -0.2) is 4.98 Å². The van der Waals surface area contributed by atoms with Crippen LogP contribution >= 0.6 is 11.6 Å². The number of nitrogens with one attached hydrogen (secondary N) is 2. The summed E-state index contributed by atoms with van der Waals surface area (Å²) in [5.74, 6) is -0.288. The lowest BCUT2D eigenvalue weighted by atomic mass is 9.77. The molecule has 240 valence electrons. The van der Waals surface area contributed by atoms with Gasteiger partial charge in [-0.2, -0.15) is 15.5 Å². The fourth-order valence-corrected chi connectivity index (χ4v) is 6.43. The summed E-state index contributed by atoms with van der Waals surface area (Å²) in [6.45, 7) is 2.36. The van der Waals surface area contributed by atoms with Crippen LogP contribution in [0, 0.1) is 11.3 Å². The van der Waals surface area contributed by atoms with Gasteiger partial charge in [-0.05, 0) is 47.9 Å². The highest BCUT2D eigenvalue weighted by Crippen LogP contribution is 2.41. The van der Waals surface area contributed by atoms with Crippen LogP contribution in [0.4, 0.5) is 0 Å². The molecule has 1 amide bonds. The van der Waals surface area contributed by atoms with Crippen LogP contribution in [0.3, 0.4) is 0 Å². The molecule has 0 saturated carbocycles. The Morgan fingerprint density at radius 1 is 0.878 bits per heavy atom. The molecule has 49 heavy (non-hydrogen) atoms. The van der Waals surface area contributed by atoms with E-state index in [1.807, 2.05) is 92.4 Å². The first kappa shape index (κ1) is 31.4. The van der Waals surface area contributed by atoms with Gasteiger partial charge in [-0.3, -0.25) is 14.6 Å². The van der Waals surface area contributed by atoms with Gasteiger partial charge < -0.3 is 9.88 Å². The second-order valence-corrected chi connectivity index (χ2v) is 12.2. The monoisotopic (exact) mass is 662 g/mol. The number of amides is 1. The molecule has 7 aromatic rings. The zero-order valence-corrected chi connectivity index (χ0v) is 27.3. The van der Waals surface area contributed by atoms with Gasteiger partial charge in [0.15, 0.2) is 0 Å². The Morgan fingerprint density at radius 2 is 1.51 bits per heavy atom. The second kappa shape index (κ2) is 13.5. The average molecular weight is 663 g/mol. The molecule has 0 bridgehead atoms. The zero-order valence-electron chi connectivity index (χ0n) is 26.5. The molecule has 0 aliphatic rings. The lowest BCUT2D eigenvalue weighted by Crippen LogP contribution is -2.36. The van der Waals surface area contributed by atoms with Crippen molar-refractivity contribution in [2.24, 2.45) is 0 Å². The van der Waals surface area contributed by atoms with Gasteiger partial charge in [-0.1, -0.05) is 109 Å². The predicted octanol–water partition coefficient (Wildman–Crippen LogP) is 7.32. The van der Waals surface area contributed by atoms with E-state index in [1.54, 1.807) is 22.9 Å². The largest absolute Gasteiger partial charge is 0.346 e. The minimum absolute atomic E-state index is 0.237.